The van der Waals surface area contributed by atoms with Gasteiger partial charge in [-0.05, 0) is 12.1 Å². The highest BCUT2D eigenvalue weighted by molar-refractivity contribution is 5.36. The Balaban J connectivity index is 3.03. The van der Waals surface area contributed by atoms with Crippen molar-refractivity contribution in [1.29, 1.82) is 0 Å². The van der Waals surface area contributed by atoms with Crippen LogP contribution in [0.15, 0.2) is 18.2 Å². The monoisotopic (exact) mass is 200 g/mol. The van der Waals surface area contributed by atoms with Crippen molar-refractivity contribution in [2.45, 2.75) is 12.5 Å². The molecule has 3 nitrogen and oxygen atoms in total. The summed E-state index contributed by atoms with van der Waals surface area (Å²) in [6.07, 6.45) is -0.937. The molecule has 0 saturated heterocycles. The first-order valence-corrected chi connectivity index (χ1v) is 4.32. The minimum absolute atomic E-state index is 0.0945. The maximum absolute atomic E-state index is 13.3. The predicted octanol–water partition coefficient (Wildman–Crippen LogP) is 1.25. The van der Waals surface area contributed by atoms with Gasteiger partial charge in [0.1, 0.15) is 11.6 Å². The molecule has 0 radical (unpaired) electrons. The van der Waals surface area contributed by atoms with Crippen LogP contribution in [0.2, 0.25) is 0 Å². The topological polar surface area (TPSA) is 49.7 Å². The lowest BCUT2D eigenvalue weighted by atomic mass is 10.1. The Kier molecular flexibility index (Phi) is 3.85. The lowest BCUT2D eigenvalue weighted by Gasteiger charge is -2.14. The van der Waals surface area contributed by atoms with Gasteiger partial charge in [0.25, 0.3) is 0 Å². The third kappa shape index (κ3) is 2.21. The number of halogens is 1. The summed E-state index contributed by atoms with van der Waals surface area (Å²) in [6, 6.07) is 4.32. The van der Waals surface area contributed by atoms with Crippen LogP contribution in [0.4, 0.5) is 4.39 Å². The number of ether oxygens (including phenoxy) is 1. The fourth-order valence-electron chi connectivity index (χ4n) is 1.29. The first-order valence-electron chi connectivity index (χ1n) is 4.32. The summed E-state index contributed by atoms with van der Waals surface area (Å²) in [5.74, 6) is -0.226. The third-order valence-corrected chi connectivity index (χ3v) is 1.97. The van der Waals surface area contributed by atoms with Gasteiger partial charge in [-0.2, -0.15) is 0 Å². The van der Waals surface area contributed by atoms with Gasteiger partial charge in [0.2, 0.25) is 0 Å². The molecule has 78 valence electrons. The van der Waals surface area contributed by atoms with Crippen LogP contribution >= 0.6 is 0 Å². The van der Waals surface area contributed by atoms with E-state index in [-0.39, 0.29) is 18.6 Å². The molecular weight excluding hydrogens is 187 g/mol. The maximum atomic E-state index is 13.3. The number of hydrogen-bond donors (Lipinski definition) is 2. The number of aliphatic hydroxyl groups is 2. The van der Waals surface area contributed by atoms with E-state index in [1.807, 2.05) is 0 Å². The molecule has 1 unspecified atom stereocenters. The summed E-state index contributed by atoms with van der Waals surface area (Å²) in [4.78, 5) is 0. The average molecular weight is 200 g/mol. The molecule has 0 aliphatic rings. The second kappa shape index (κ2) is 4.93. The van der Waals surface area contributed by atoms with E-state index in [0.717, 1.165) is 0 Å². The molecule has 0 aromatic heterocycles. The zero-order valence-corrected chi connectivity index (χ0v) is 7.90. The van der Waals surface area contributed by atoms with Crippen LogP contribution in [-0.4, -0.2) is 23.9 Å². The predicted molar refractivity (Wildman–Crippen MR) is 49.6 cm³/mol. The molecule has 0 amide bonds. The molecule has 0 aliphatic heterocycles. The molecule has 4 heteroatoms. The molecule has 1 atom stereocenters. The van der Waals surface area contributed by atoms with Gasteiger partial charge in [-0.1, -0.05) is 6.07 Å². The van der Waals surface area contributed by atoms with Crippen LogP contribution in [-0.2, 0) is 0 Å². The zero-order chi connectivity index (χ0) is 10.6. The van der Waals surface area contributed by atoms with Crippen molar-refractivity contribution in [3.63, 3.8) is 0 Å². The molecule has 1 aromatic carbocycles. The van der Waals surface area contributed by atoms with Crippen LogP contribution in [0.1, 0.15) is 18.1 Å². The van der Waals surface area contributed by atoms with E-state index in [9.17, 15) is 9.50 Å². The summed E-state index contributed by atoms with van der Waals surface area (Å²) in [5.41, 5.74) is 0.101. The lowest BCUT2D eigenvalue weighted by molar-refractivity contribution is 0.128. The molecule has 0 heterocycles. The van der Waals surface area contributed by atoms with Gasteiger partial charge < -0.3 is 14.9 Å². The highest BCUT2D eigenvalue weighted by atomic mass is 19.1. The molecular formula is C10H13FO3. The summed E-state index contributed by atoms with van der Waals surface area (Å²) in [5, 5.41) is 18.2. The van der Waals surface area contributed by atoms with E-state index in [2.05, 4.69) is 0 Å². The van der Waals surface area contributed by atoms with E-state index in [4.69, 9.17) is 9.84 Å². The summed E-state index contributed by atoms with van der Waals surface area (Å²) < 4.78 is 18.2. The number of benzene rings is 1. The third-order valence-electron chi connectivity index (χ3n) is 1.97. The van der Waals surface area contributed by atoms with Crippen LogP contribution in [0.25, 0.3) is 0 Å². The maximum Gasteiger partial charge on any atom is 0.132 e. The molecule has 1 rings (SSSR count). The van der Waals surface area contributed by atoms with Crippen molar-refractivity contribution < 1.29 is 19.3 Å². The number of rotatable bonds is 4. The fraction of sp³-hybridized carbons (Fsp3) is 0.400. The zero-order valence-electron chi connectivity index (χ0n) is 7.90. The van der Waals surface area contributed by atoms with E-state index in [1.54, 1.807) is 6.07 Å². The highest BCUT2D eigenvalue weighted by Crippen LogP contribution is 2.29. The Morgan fingerprint density at radius 3 is 2.79 bits per heavy atom. The molecule has 0 fully saturated rings. The molecule has 0 spiro atoms. The summed E-state index contributed by atoms with van der Waals surface area (Å²) in [6.45, 7) is -0.196. The Bertz CT molecular complexity index is 301. The van der Waals surface area contributed by atoms with Gasteiger partial charge in [-0.15, -0.1) is 0 Å². The van der Waals surface area contributed by atoms with Crippen LogP contribution in [0, 0.1) is 5.82 Å². The van der Waals surface area contributed by atoms with Crippen molar-refractivity contribution in [1.82, 2.24) is 0 Å². The van der Waals surface area contributed by atoms with Crippen molar-refractivity contribution in [2.75, 3.05) is 13.7 Å². The average Bonchev–Trinajstić information content (AvgIpc) is 2.17. The van der Waals surface area contributed by atoms with Crippen LogP contribution in [0.5, 0.6) is 5.75 Å². The quantitative estimate of drug-likeness (QED) is 0.769. The molecule has 1 aromatic rings. The second-order valence-corrected chi connectivity index (χ2v) is 2.88. The normalized spacial score (nSPS) is 12.6. The van der Waals surface area contributed by atoms with Crippen LogP contribution < -0.4 is 4.74 Å². The smallest absolute Gasteiger partial charge is 0.132 e. The van der Waals surface area contributed by atoms with Gasteiger partial charge in [-0.3, -0.25) is 0 Å². The van der Waals surface area contributed by atoms with Crippen molar-refractivity contribution in [3.05, 3.63) is 29.6 Å². The molecule has 0 saturated carbocycles. The summed E-state index contributed by atoms with van der Waals surface area (Å²) in [7, 11) is 1.41. The van der Waals surface area contributed by atoms with E-state index >= 15 is 0 Å². The minimum atomic E-state index is -1.03. The minimum Gasteiger partial charge on any atom is -0.496 e. The standard InChI is InChI=1S/C10H13FO3/c1-14-9-4-2-3-7(11)10(9)8(13)5-6-12/h2-4,8,12-13H,5-6H2,1H3. The molecule has 0 bridgehead atoms. The Morgan fingerprint density at radius 1 is 1.50 bits per heavy atom. The van der Waals surface area contributed by atoms with Gasteiger partial charge >= 0.3 is 0 Å². The van der Waals surface area contributed by atoms with Gasteiger partial charge in [-0.25, -0.2) is 4.39 Å². The summed E-state index contributed by atoms with van der Waals surface area (Å²) >= 11 is 0. The fourth-order valence-corrected chi connectivity index (χ4v) is 1.29. The highest BCUT2D eigenvalue weighted by Gasteiger charge is 2.17. The van der Waals surface area contributed by atoms with Crippen molar-refractivity contribution >= 4 is 0 Å². The first kappa shape index (κ1) is 10.9. The molecule has 14 heavy (non-hydrogen) atoms. The van der Waals surface area contributed by atoms with Gasteiger partial charge in [0, 0.05) is 13.0 Å². The van der Waals surface area contributed by atoms with Crippen LogP contribution in [0.3, 0.4) is 0 Å². The largest absolute Gasteiger partial charge is 0.496 e. The SMILES string of the molecule is COc1cccc(F)c1C(O)CCO. The van der Waals surface area contributed by atoms with Gasteiger partial charge in [0.15, 0.2) is 0 Å². The first-order chi connectivity index (χ1) is 6.70. The Morgan fingerprint density at radius 2 is 2.21 bits per heavy atom. The van der Waals surface area contributed by atoms with Gasteiger partial charge in [0.05, 0.1) is 18.8 Å². The van der Waals surface area contributed by atoms with E-state index < -0.39 is 11.9 Å². The number of hydrogen-bond acceptors (Lipinski definition) is 3. The van der Waals surface area contributed by atoms with Crippen molar-refractivity contribution in [3.8, 4) is 5.75 Å². The number of methoxy groups -OCH3 is 1. The lowest BCUT2D eigenvalue weighted by Crippen LogP contribution is -2.05. The van der Waals surface area contributed by atoms with Crippen molar-refractivity contribution in [2.24, 2.45) is 0 Å². The molecule has 0 aliphatic carbocycles. The Labute approximate surface area is 81.8 Å². The van der Waals surface area contributed by atoms with E-state index in [1.165, 1.54) is 19.2 Å². The van der Waals surface area contributed by atoms with E-state index in [0.29, 0.717) is 5.75 Å². The number of aliphatic hydroxyl groups excluding tert-OH is 2. The second-order valence-electron chi connectivity index (χ2n) is 2.88. The molecule has 2 N–H and O–H groups in total. The Hall–Kier alpha value is -1.13.